The number of furan rings is 1. The average molecular weight is 590 g/mol. The average Bonchev–Trinajstić information content (AvgIpc) is 3.44. The zero-order valence-corrected chi connectivity index (χ0v) is 27.3. The molecule has 0 fully saturated rings. The van der Waals surface area contributed by atoms with Crippen LogP contribution in [0.4, 0.5) is 5.69 Å². The lowest BCUT2D eigenvalue weighted by atomic mass is 9.91. The normalized spacial score (nSPS) is 15.7. The van der Waals surface area contributed by atoms with Gasteiger partial charge >= 0.3 is 0 Å². The van der Waals surface area contributed by atoms with Gasteiger partial charge in [0.2, 0.25) is 5.91 Å². The number of amides is 2. The first-order valence-corrected chi connectivity index (χ1v) is 14.8. The molecule has 0 aliphatic carbocycles. The number of likely N-dealkylation sites (N-methyl/N-ethyl adjacent to an activating group) is 1. The number of carbonyl (C=O) groups excluding carboxylic acids is 2. The lowest BCUT2D eigenvalue weighted by molar-refractivity contribution is -0.116. The van der Waals surface area contributed by atoms with Gasteiger partial charge in [-0.1, -0.05) is 59.2 Å². The summed E-state index contributed by atoms with van der Waals surface area (Å²) in [6, 6.07) is 6.81. The van der Waals surface area contributed by atoms with Crippen LogP contribution < -0.4 is 20.3 Å². The lowest BCUT2D eigenvalue weighted by Gasteiger charge is -2.32. The zero-order valence-electron chi connectivity index (χ0n) is 26.5. The molecule has 2 amide bonds. The van der Waals surface area contributed by atoms with Crippen LogP contribution in [0.3, 0.4) is 0 Å². The van der Waals surface area contributed by atoms with E-state index in [1.807, 2.05) is 67.7 Å². The van der Waals surface area contributed by atoms with Crippen LogP contribution in [0, 0.1) is 0 Å². The molecular formula is C32H48ClN3O5. The second kappa shape index (κ2) is 17.6. The van der Waals surface area contributed by atoms with Crippen LogP contribution in [-0.2, 0) is 9.53 Å². The van der Waals surface area contributed by atoms with Crippen molar-refractivity contribution in [1.29, 1.82) is 0 Å². The van der Waals surface area contributed by atoms with Crippen molar-refractivity contribution in [2.75, 3.05) is 25.6 Å². The van der Waals surface area contributed by atoms with Crippen molar-refractivity contribution in [3.63, 3.8) is 0 Å². The number of nitrogens with zero attached hydrogens (tertiary/aromatic N) is 1. The van der Waals surface area contributed by atoms with E-state index in [2.05, 4.69) is 17.6 Å². The Morgan fingerprint density at radius 1 is 1.20 bits per heavy atom. The van der Waals surface area contributed by atoms with Gasteiger partial charge in [0.05, 0.1) is 17.8 Å². The molecule has 0 saturated carbocycles. The Hall–Kier alpha value is -3.23. The summed E-state index contributed by atoms with van der Waals surface area (Å²) in [6.07, 6.45) is 3.46. The minimum absolute atomic E-state index is 0.0295. The van der Waals surface area contributed by atoms with E-state index in [9.17, 15) is 9.59 Å². The fourth-order valence-electron chi connectivity index (χ4n) is 4.32. The summed E-state index contributed by atoms with van der Waals surface area (Å²) >= 11 is 6.51. The third-order valence-corrected chi connectivity index (χ3v) is 6.81. The number of hydrogen-bond donors (Lipinski definition) is 2. The first kappa shape index (κ1) is 35.8. The highest BCUT2D eigenvalue weighted by Crippen LogP contribution is 2.42. The molecule has 2 unspecified atom stereocenters. The summed E-state index contributed by atoms with van der Waals surface area (Å²) in [5.74, 6) is 1.04. The van der Waals surface area contributed by atoms with Crippen LogP contribution >= 0.6 is 11.6 Å². The van der Waals surface area contributed by atoms with Gasteiger partial charge in [-0.25, -0.2) is 0 Å². The van der Waals surface area contributed by atoms with Gasteiger partial charge in [0.25, 0.3) is 11.9 Å². The van der Waals surface area contributed by atoms with Crippen molar-refractivity contribution in [2.45, 2.75) is 87.1 Å². The first-order valence-electron chi connectivity index (χ1n) is 14.4. The molecule has 1 aromatic carbocycles. The van der Waals surface area contributed by atoms with E-state index in [1.54, 1.807) is 37.1 Å². The Balaban J connectivity index is 0.00000201. The maximum atomic E-state index is 13.1. The van der Waals surface area contributed by atoms with Gasteiger partial charge in [-0.3, -0.25) is 9.59 Å². The topological polar surface area (TPSA) is 93.0 Å². The highest BCUT2D eigenvalue weighted by Gasteiger charge is 2.27. The molecule has 8 nitrogen and oxygen atoms in total. The molecular weight excluding hydrogens is 542 g/mol. The Labute approximate surface area is 251 Å². The van der Waals surface area contributed by atoms with Gasteiger partial charge < -0.3 is 29.4 Å². The van der Waals surface area contributed by atoms with E-state index < -0.39 is 5.91 Å². The minimum atomic E-state index is -0.431. The minimum Gasteiger partial charge on any atom is -0.499 e. The van der Waals surface area contributed by atoms with E-state index in [0.29, 0.717) is 35.2 Å². The van der Waals surface area contributed by atoms with Crippen LogP contribution in [-0.4, -0.2) is 38.6 Å². The Bertz CT molecular complexity index is 1210. The lowest BCUT2D eigenvalue weighted by Crippen LogP contribution is -2.34. The summed E-state index contributed by atoms with van der Waals surface area (Å²) in [5, 5.41) is 6.42. The predicted molar refractivity (Wildman–Crippen MR) is 168 cm³/mol. The standard InChI is InChI=1S/C28H36ClN3O5.2C2H6/c1-8-23(35-7)27(17(3)13-18(4)30-6)31-28(34)24-9-10-26(36-24)37-25-14-20-16(2)11-12-32(19(5)33)22(20)15-21(25)29;2*1-2/h9-10,13-16,18,30H,8,11-12H2,1-7H3,(H,31,34);2*1-2H3/b17-13-,27-23-;;. The number of rotatable bonds is 9. The Kier molecular flexibility index (Phi) is 15.3. The molecule has 9 heteroatoms. The number of benzene rings is 1. The molecule has 0 spiro atoms. The largest absolute Gasteiger partial charge is 0.499 e. The molecule has 2 N–H and O–H groups in total. The van der Waals surface area contributed by atoms with Gasteiger partial charge in [0.15, 0.2) is 5.76 Å². The van der Waals surface area contributed by atoms with Crippen LogP contribution in [0.2, 0.25) is 5.02 Å². The zero-order chi connectivity index (χ0) is 31.3. The first-order chi connectivity index (χ1) is 19.6. The monoisotopic (exact) mass is 589 g/mol. The summed E-state index contributed by atoms with van der Waals surface area (Å²) < 4.78 is 17.2. The van der Waals surface area contributed by atoms with Gasteiger partial charge in [0, 0.05) is 37.7 Å². The van der Waals surface area contributed by atoms with E-state index in [-0.39, 0.29) is 29.6 Å². The van der Waals surface area contributed by atoms with E-state index in [0.717, 1.165) is 23.2 Å². The van der Waals surface area contributed by atoms with Crippen molar-refractivity contribution < 1.29 is 23.5 Å². The SMILES string of the molecule is CC.CC.CC/C(OC)=C(NC(=O)c1ccc(Oc2cc3c(cc2Cl)N(C(C)=O)CCC3C)o1)\C(C)=C/C(C)NC. The number of allylic oxidation sites excluding steroid dienone is 2. The maximum Gasteiger partial charge on any atom is 0.291 e. The second-order valence-corrected chi connectivity index (χ2v) is 9.57. The number of anilines is 1. The molecule has 2 aromatic rings. The number of nitrogens with one attached hydrogen (secondary N) is 2. The predicted octanol–water partition coefficient (Wildman–Crippen LogP) is 8.19. The van der Waals surface area contributed by atoms with E-state index in [1.165, 1.54) is 0 Å². The third-order valence-electron chi connectivity index (χ3n) is 6.52. The van der Waals surface area contributed by atoms with Crippen molar-refractivity contribution >= 4 is 29.1 Å². The van der Waals surface area contributed by atoms with Gasteiger partial charge in [-0.2, -0.15) is 0 Å². The molecule has 1 aliphatic rings. The van der Waals surface area contributed by atoms with Gasteiger partial charge in [-0.15, -0.1) is 0 Å². The number of fused-ring (bicyclic) bond motifs is 1. The highest BCUT2D eigenvalue weighted by molar-refractivity contribution is 6.32. The Morgan fingerprint density at radius 3 is 2.41 bits per heavy atom. The molecule has 2 heterocycles. The number of hydrogen-bond acceptors (Lipinski definition) is 6. The summed E-state index contributed by atoms with van der Waals surface area (Å²) in [5.41, 5.74) is 3.23. The van der Waals surface area contributed by atoms with Crippen molar-refractivity contribution in [2.24, 2.45) is 0 Å². The molecule has 0 saturated heterocycles. The summed E-state index contributed by atoms with van der Waals surface area (Å²) in [6.45, 7) is 18.2. The molecule has 0 bridgehead atoms. The molecule has 0 radical (unpaired) electrons. The fourth-order valence-corrected chi connectivity index (χ4v) is 4.52. The highest BCUT2D eigenvalue weighted by atomic mass is 35.5. The Morgan fingerprint density at radius 2 is 1.85 bits per heavy atom. The molecule has 41 heavy (non-hydrogen) atoms. The quantitative estimate of drug-likeness (QED) is 0.226. The fraction of sp³-hybridized carbons (Fsp3) is 0.500. The molecule has 2 atom stereocenters. The van der Waals surface area contributed by atoms with Crippen LogP contribution in [0.5, 0.6) is 11.7 Å². The van der Waals surface area contributed by atoms with Crippen molar-refractivity contribution in [1.82, 2.24) is 10.6 Å². The van der Waals surface area contributed by atoms with Crippen LogP contribution in [0.15, 0.2) is 51.8 Å². The number of methoxy groups -OCH3 is 1. The van der Waals surface area contributed by atoms with E-state index >= 15 is 0 Å². The van der Waals surface area contributed by atoms with Crippen LogP contribution in [0.25, 0.3) is 0 Å². The van der Waals surface area contributed by atoms with Crippen molar-refractivity contribution in [3.05, 3.63) is 63.7 Å². The number of ether oxygens (including phenoxy) is 2. The van der Waals surface area contributed by atoms with Crippen LogP contribution in [0.1, 0.15) is 97.2 Å². The van der Waals surface area contributed by atoms with Crippen molar-refractivity contribution in [3.8, 4) is 11.7 Å². The molecule has 1 aliphatic heterocycles. The maximum absolute atomic E-state index is 13.1. The summed E-state index contributed by atoms with van der Waals surface area (Å²) in [7, 11) is 3.45. The third kappa shape index (κ3) is 9.40. The molecule has 3 rings (SSSR count). The molecule has 228 valence electrons. The smallest absolute Gasteiger partial charge is 0.291 e. The summed E-state index contributed by atoms with van der Waals surface area (Å²) in [4.78, 5) is 26.9. The number of halogens is 1. The van der Waals surface area contributed by atoms with E-state index in [4.69, 9.17) is 25.5 Å². The molecule has 1 aromatic heterocycles. The second-order valence-electron chi connectivity index (χ2n) is 9.16. The van der Waals surface area contributed by atoms with Gasteiger partial charge in [-0.05, 0) is 62.6 Å². The number of carbonyl (C=O) groups is 2. The van der Waals surface area contributed by atoms with Gasteiger partial charge in [0.1, 0.15) is 11.5 Å².